The minimum absolute atomic E-state index is 0.0695. The second-order valence-electron chi connectivity index (χ2n) is 7.13. The lowest BCUT2D eigenvalue weighted by atomic mass is 9.85. The van der Waals surface area contributed by atoms with Crippen molar-refractivity contribution in [3.8, 4) is 0 Å². The van der Waals surface area contributed by atoms with Gasteiger partial charge in [-0.3, -0.25) is 9.59 Å². The summed E-state index contributed by atoms with van der Waals surface area (Å²) in [6.45, 7) is 2.46. The van der Waals surface area contributed by atoms with Crippen molar-refractivity contribution in [3.05, 3.63) is 34.9 Å². The first-order valence-corrected chi connectivity index (χ1v) is 9.47. The normalized spacial score (nSPS) is 24.2. The Morgan fingerprint density at radius 3 is 2.32 bits per heavy atom. The van der Waals surface area contributed by atoms with Gasteiger partial charge in [0.15, 0.2) is 0 Å². The van der Waals surface area contributed by atoms with Crippen LogP contribution in [-0.2, 0) is 16.0 Å². The van der Waals surface area contributed by atoms with Crippen LogP contribution in [0.15, 0.2) is 24.3 Å². The van der Waals surface area contributed by atoms with Crippen LogP contribution < -0.4 is 5.73 Å². The Morgan fingerprint density at radius 2 is 1.68 bits per heavy atom. The smallest absolute Gasteiger partial charge is 0.227 e. The van der Waals surface area contributed by atoms with Gasteiger partial charge in [0.25, 0.3) is 0 Å². The van der Waals surface area contributed by atoms with Gasteiger partial charge in [-0.25, -0.2) is 0 Å². The van der Waals surface area contributed by atoms with E-state index in [-0.39, 0.29) is 23.8 Å². The summed E-state index contributed by atoms with van der Waals surface area (Å²) in [5.41, 5.74) is 6.97. The third kappa shape index (κ3) is 4.73. The Kier molecular flexibility index (Phi) is 5.97. The van der Waals surface area contributed by atoms with Gasteiger partial charge in [-0.15, -0.1) is 0 Å². The molecule has 1 aromatic carbocycles. The maximum absolute atomic E-state index is 12.7. The monoisotopic (exact) mass is 363 g/mol. The van der Waals surface area contributed by atoms with Crippen LogP contribution in [0.4, 0.5) is 0 Å². The molecule has 2 atom stereocenters. The molecule has 5 nitrogen and oxygen atoms in total. The van der Waals surface area contributed by atoms with Gasteiger partial charge in [-0.05, 0) is 37.0 Å². The van der Waals surface area contributed by atoms with Gasteiger partial charge >= 0.3 is 0 Å². The molecule has 2 aliphatic rings. The number of carbonyl (C=O) groups is 2. The Labute approximate surface area is 154 Å². The molecule has 1 aliphatic heterocycles. The molecule has 3 rings (SSSR count). The Balaban J connectivity index is 1.48. The molecule has 1 heterocycles. The number of halogens is 1. The van der Waals surface area contributed by atoms with Crippen molar-refractivity contribution in [1.29, 1.82) is 0 Å². The summed E-state index contributed by atoms with van der Waals surface area (Å²) in [7, 11) is 0. The molecule has 136 valence electrons. The number of nitrogens with two attached hydrogens (primary N) is 1. The van der Waals surface area contributed by atoms with Gasteiger partial charge in [-0.2, -0.15) is 0 Å². The first-order chi connectivity index (χ1) is 12.0. The van der Waals surface area contributed by atoms with E-state index in [0.717, 1.165) is 31.2 Å². The zero-order chi connectivity index (χ0) is 17.8. The zero-order valence-corrected chi connectivity index (χ0v) is 15.3. The van der Waals surface area contributed by atoms with Crippen LogP contribution in [0.2, 0.25) is 5.02 Å². The van der Waals surface area contributed by atoms with E-state index in [0.29, 0.717) is 37.6 Å². The minimum Gasteiger partial charge on any atom is -0.339 e. The molecular weight excluding hydrogens is 338 g/mol. The summed E-state index contributed by atoms with van der Waals surface area (Å²) in [4.78, 5) is 28.9. The maximum Gasteiger partial charge on any atom is 0.227 e. The number of piperazine rings is 1. The van der Waals surface area contributed by atoms with E-state index in [1.807, 2.05) is 21.9 Å². The Morgan fingerprint density at radius 1 is 1.04 bits per heavy atom. The van der Waals surface area contributed by atoms with Crippen LogP contribution in [0, 0.1) is 5.92 Å². The third-order valence-electron chi connectivity index (χ3n) is 5.28. The summed E-state index contributed by atoms with van der Waals surface area (Å²) in [6.07, 6.45) is 4.19. The highest BCUT2D eigenvalue weighted by atomic mass is 35.5. The van der Waals surface area contributed by atoms with E-state index in [1.54, 1.807) is 12.1 Å². The molecule has 25 heavy (non-hydrogen) atoms. The van der Waals surface area contributed by atoms with Crippen LogP contribution in [0.25, 0.3) is 0 Å². The number of carbonyl (C=O) groups excluding carboxylic acids is 2. The predicted molar refractivity (Wildman–Crippen MR) is 98.2 cm³/mol. The first kappa shape index (κ1) is 18.2. The second-order valence-corrected chi connectivity index (χ2v) is 7.57. The highest BCUT2D eigenvalue weighted by Gasteiger charge is 2.31. The highest BCUT2D eigenvalue weighted by molar-refractivity contribution is 6.30. The molecule has 1 saturated carbocycles. The molecule has 2 N–H and O–H groups in total. The maximum atomic E-state index is 12.7. The zero-order valence-electron chi connectivity index (χ0n) is 14.5. The second kappa shape index (κ2) is 8.19. The van der Waals surface area contributed by atoms with Crippen molar-refractivity contribution in [1.82, 2.24) is 9.80 Å². The number of hydrogen-bond acceptors (Lipinski definition) is 3. The van der Waals surface area contributed by atoms with E-state index in [1.165, 1.54) is 0 Å². The SMILES string of the molecule is NC1CCCC(C(=O)N2CCN(C(=O)Cc3ccc(Cl)cc3)CC2)C1. The lowest BCUT2D eigenvalue weighted by Crippen LogP contribution is -2.53. The van der Waals surface area contributed by atoms with Crippen molar-refractivity contribution in [2.45, 2.75) is 38.1 Å². The number of nitrogens with zero attached hydrogens (tertiary/aromatic N) is 2. The molecule has 1 aromatic rings. The van der Waals surface area contributed by atoms with Crippen LogP contribution in [-0.4, -0.2) is 53.8 Å². The fourth-order valence-corrected chi connectivity index (χ4v) is 3.90. The number of hydrogen-bond donors (Lipinski definition) is 1. The van der Waals surface area contributed by atoms with Crippen LogP contribution in [0.5, 0.6) is 0 Å². The summed E-state index contributed by atoms with van der Waals surface area (Å²) in [5, 5.41) is 0.672. The average molecular weight is 364 g/mol. The Bertz CT molecular complexity index is 612. The lowest BCUT2D eigenvalue weighted by Gasteiger charge is -2.37. The van der Waals surface area contributed by atoms with Crippen molar-refractivity contribution >= 4 is 23.4 Å². The van der Waals surface area contributed by atoms with E-state index < -0.39 is 0 Å². The fourth-order valence-electron chi connectivity index (χ4n) is 3.78. The molecule has 1 aliphatic carbocycles. The van der Waals surface area contributed by atoms with Gasteiger partial charge in [0, 0.05) is 43.2 Å². The standard InChI is InChI=1S/C19H26ClN3O2/c20-16-6-4-14(5-7-16)12-18(24)22-8-10-23(11-9-22)19(25)15-2-1-3-17(21)13-15/h4-7,15,17H,1-3,8-13,21H2. The summed E-state index contributed by atoms with van der Waals surface area (Å²) >= 11 is 5.87. The summed E-state index contributed by atoms with van der Waals surface area (Å²) in [5.74, 6) is 0.397. The van der Waals surface area contributed by atoms with Gasteiger partial charge in [0.1, 0.15) is 0 Å². The van der Waals surface area contributed by atoms with E-state index >= 15 is 0 Å². The molecule has 6 heteroatoms. The lowest BCUT2D eigenvalue weighted by molar-refractivity contribution is -0.142. The van der Waals surface area contributed by atoms with Gasteiger partial charge < -0.3 is 15.5 Å². The molecule has 2 amide bonds. The summed E-state index contributed by atoms with van der Waals surface area (Å²) in [6, 6.07) is 7.52. The molecule has 0 radical (unpaired) electrons. The number of amides is 2. The van der Waals surface area contributed by atoms with E-state index in [9.17, 15) is 9.59 Å². The Hall–Kier alpha value is -1.59. The largest absolute Gasteiger partial charge is 0.339 e. The van der Waals surface area contributed by atoms with Crippen molar-refractivity contribution in [3.63, 3.8) is 0 Å². The number of benzene rings is 1. The average Bonchev–Trinajstić information content (AvgIpc) is 2.63. The van der Waals surface area contributed by atoms with Crippen molar-refractivity contribution in [2.24, 2.45) is 11.7 Å². The third-order valence-corrected chi connectivity index (χ3v) is 5.53. The van der Waals surface area contributed by atoms with Gasteiger partial charge in [-0.1, -0.05) is 30.2 Å². The first-order valence-electron chi connectivity index (χ1n) is 9.09. The van der Waals surface area contributed by atoms with E-state index in [2.05, 4.69) is 0 Å². The van der Waals surface area contributed by atoms with Crippen LogP contribution in [0.1, 0.15) is 31.2 Å². The molecule has 2 unspecified atom stereocenters. The predicted octanol–water partition coefficient (Wildman–Crippen LogP) is 2.07. The fraction of sp³-hybridized carbons (Fsp3) is 0.579. The summed E-state index contributed by atoms with van der Waals surface area (Å²) < 4.78 is 0. The molecule has 1 saturated heterocycles. The molecule has 0 spiro atoms. The van der Waals surface area contributed by atoms with Gasteiger partial charge in [0.2, 0.25) is 11.8 Å². The number of rotatable bonds is 3. The molecular formula is C19H26ClN3O2. The highest BCUT2D eigenvalue weighted by Crippen LogP contribution is 2.25. The van der Waals surface area contributed by atoms with Crippen LogP contribution >= 0.6 is 11.6 Å². The van der Waals surface area contributed by atoms with Crippen molar-refractivity contribution < 1.29 is 9.59 Å². The molecule has 0 aromatic heterocycles. The molecule has 2 fully saturated rings. The quantitative estimate of drug-likeness (QED) is 0.894. The molecule has 0 bridgehead atoms. The van der Waals surface area contributed by atoms with Gasteiger partial charge in [0.05, 0.1) is 6.42 Å². The topological polar surface area (TPSA) is 66.6 Å². The van der Waals surface area contributed by atoms with Crippen LogP contribution in [0.3, 0.4) is 0 Å². The van der Waals surface area contributed by atoms with E-state index in [4.69, 9.17) is 17.3 Å². The van der Waals surface area contributed by atoms with Crippen molar-refractivity contribution in [2.75, 3.05) is 26.2 Å². The minimum atomic E-state index is 0.0695.